The molecule has 0 aliphatic carbocycles. The second-order valence-corrected chi connectivity index (χ2v) is 7.98. The zero-order valence-corrected chi connectivity index (χ0v) is 13.2. The number of hydrogen-bond donors (Lipinski definition) is 0. The van der Waals surface area contributed by atoms with E-state index in [9.17, 15) is 12.8 Å². The second kappa shape index (κ2) is 6.71. The van der Waals surface area contributed by atoms with Crippen LogP contribution in [0.25, 0.3) is 0 Å². The lowest BCUT2D eigenvalue weighted by Crippen LogP contribution is -2.38. The molecule has 0 amide bonds. The molecule has 0 radical (unpaired) electrons. The summed E-state index contributed by atoms with van der Waals surface area (Å²) in [6.07, 6.45) is 2.49. The largest absolute Gasteiger partial charge is 0.295 e. The molecule has 1 saturated heterocycles. The summed E-state index contributed by atoms with van der Waals surface area (Å²) >= 11 is 0. The number of halogens is 1. The maximum Gasteiger partial charge on any atom is 0.151 e. The molecule has 1 aromatic carbocycles. The highest BCUT2D eigenvalue weighted by Gasteiger charge is 2.32. The van der Waals surface area contributed by atoms with Crippen LogP contribution >= 0.6 is 0 Å². The topological polar surface area (TPSA) is 37.4 Å². The molecule has 0 aromatic heterocycles. The SMILES string of the molecule is C=CCN(C[C@H](C)c1ccc(F)cc1)[C@H]1CCS(=O)(=O)C1. The van der Waals surface area contributed by atoms with Crippen LogP contribution in [0.15, 0.2) is 36.9 Å². The Kier molecular flexibility index (Phi) is 5.17. The third kappa shape index (κ3) is 4.38. The van der Waals surface area contributed by atoms with Crippen molar-refractivity contribution >= 4 is 9.84 Å². The molecule has 1 aromatic rings. The average molecular weight is 311 g/mol. The van der Waals surface area contributed by atoms with Gasteiger partial charge in [0.05, 0.1) is 11.5 Å². The van der Waals surface area contributed by atoms with Crippen LogP contribution in [0.2, 0.25) is 0 Å². The Labute approximate surface area is 126 Å². The van der Waals surface area contributed by atoms with Crippen LogP contribution in [0, 0.1) is 5.82 Å². The minimum Gasteiger partial charge on any atom is -0.295 e. The van der Waals surface area contributed by atoms with Gasteiger partial charge in [0.2, 0.25) is 0 Å². The van der Waals surface area contributed by atoms with E-state index in [0.717, 1.165) is 12.1 Å². The van der Waals surface area contributed by atoms with Crippen molar-refractivity contribution in [2.24, 2.45) is 0 Å². The molecule has 0 N–H and O–H groups in total. The van der Waals surface area contributed by atoms with Crippen molar-refractivity contribution in [1.29, 1.82) is 0 Å². The van der Waals surface area contributed by atoms with Crippen molar-refractivity contribution in [3.8, 4) is 0 Å². The lowest BCUT2D eigenvalue weighted by molar-refractivity contribution is 0.224. The van der Waals surface area contributed by atoms with Crippen molar-refractivity contribution in [1.82, 2.24) is 4.90 Å². The zero-order valence-electron chi connectivity index (χ0n) is 12.3. The van der Waals surface area contributed by atoms with E-state index < -0.39 is 9.84 Å². The summed E-state index contributed by atoms with van der Waals surface area (Å²) in [6.45, 7) is 7.26. The minimum atomic E-state index is -2.89. The predicted octanol–water partition coefficient (Wildman–Crippen LogP) is 2.60. The van der Waals surface area contributed by atoms with Crippen LogP contribution in [0.4, 0.5) is 4.39 Å². The molecular weight excluding hydrogens is 289 g/mol. The number of nitrogens with zero attached hydrogens (tertiary/aromatic N) is 1. The van der Waals surface area contributed by atoms with Gasteiger partial charge in [0.1, 0.15) is 5.82 Å². The summed E-state index contributed by atoms with van der Waals surface area (Å²) < 4.78 is 36.3. The van der Waals surface area contributed by atoms with Gasteiger partial charge >= 0.3 is 0 Å². The fraction of sp³-hybridized carbons (Fsp3) is 0.500. The molecule has 1 fully saturated rings. The summed E-state index contributed by atoms with van der Waals surface area (Å²) in [5.74, 6) is 0.484. The highest BCUT2D eigenvalue weighted by molar-refractivity contribution is 7.91. The van der Waals surface area contributed by atoms with Crippen LogP contribution < -0.4 is 0 Å². The molecule has 0 bridgehead atoms. The smallest absolute Gasteiger partial charge is 0.151 e. The lowest BCUT2D eigenvalue weighted by Gasteiger charge is -2.29. The first-order valence-electron chi connectivity index (χ1n) is 7.22. The van der Waals surface area contributed by atoms with Crippen LogP contribution in [0.1, 0.15) is 24.8 Å². The van der Waals surface area contributed by atoms with E-state index in [1.807, 2.05) is 6.08 Å². The number of sulfone groups is 1. The van der Waals surface area contributed by atoms with E-state index in [4.69, 9.17) is 0 Å². The highest BCUT2D eigenvalue weighted by atomic mass is 32.2. The molecule has 2 rings (SSSR count). The summed E-state index contributed by atoms with van der Waals surface area (Å²) in [4.78, 5) is 2.17. The van der Waals surface area contributed by atoms with Crippen molar-refractivity contribution in [2.75, 3.05) is 24.6 Å². The van der Waals surface area contributed by atoms with E-state index >= 15 is 0 Å². The van der Waals surface area contributed by atoms with Crippen molar-refractivity contribution < 1.29 is 12.8 Å². The first-order valence-corrected chi connectivity index (χ1v) is 9.04. The van der Waals surface area contributed by atoms with Gasteiger partial charge in [-0.2, -0.15) is 0 Å². The Morgan fingerprint density at radius 3 is 2.62 bits per heavy atom. The van der Waals surface area contributed by atoms with Gasteiger partial charge in [-0.05, 0) is 30.0 Å². The fourth-order valence-electron chi connectivity index (χ4n) is 2.85. The maximum absolute atomic E-state index is 13.0. The monoisotopic (exact) mass is 311 g/mol. The fourth-order valence-corrected chi connectivity index (χ4v) is 4.61. The summed E-state index contributed by atoms with van der Waals surface area (Å²) in [5, 5.41) is 0. The molecule has 21 heavy (non-hydrogen) atoms. The standard InChI is InChI=1S/C16H22FNO2S/c1-3-9-18(16-8-10-21(19,20)12-16)11-13(2)14-4-6-15(17)7-5-14/h3-7,13,16H,1,8-12H2,2H3/t13-,16-/m0/s1. The van der Waals surface area contributed by atoms with Crippen LogP contribution in [0.3, 0.4) is 0 Å². The molecular formula is C16H22FNO2S. The zero-order chi connectivity index (χ0) is 15.5. The average Bonchev–Trinajstić information content (AvgIpc) is 2.79. The van der Waals surface area contributed by atoms with Gasteiger partial charge in [-0.15, -0.1) is 6.58 Å². The van der Waals surface area contributed by atoms with E-state index in [2.05, 4.69) is 18.4 Å². The molecule has 2 atom stereocenters. The van der Waals surface area contributed by atoms with E-state index in [-0.39, 0.29) is 29.3 Å². The quantitative estimate of drug-likeness (QED) is 0.758. The Morgan fingerprint density at radius 1 is 1.43 bits per heavy atom. The van der Waals surface area contributed by atoms with Crippen molar-refractivity contribution in [2.45, 2.75) is 25.3 Å². The molecule has 3 nitrogen and oxygen atoms in total. The van der Waals surface area contributed by atoms with Gasteiger partial charge in [-0.1, -0.05) is 25.1 Å². The molecule has 116 valence electrons. The molecule has 1 aliphatic heterocycles. The molecule has 1 aliphatic rings. The van der Waals surface area contributed by atoms with Crippen molar-refractivity contribution in [3.05, 3.63) is 48.3 Å². The van der Waals surface area contributed by atoms with Gasteiger partial charge in [0, 0.05) is 19.1 Å². The maximum atomic E-state index is 13.0. The second-order valence-electron chi connectivity index (χ2n) is 5.75. The Hall–Kier alpha value is -1.20. The van der Waals surface area contributed by atoms with Crippen LogP contribution in [-0.2, 0) is 9.84 Å². The molecule has 5 heteroatoms. The summed E-state index contributed by atoms with van der Waals surface area (Å²) in [7, 11) is -2.89. The molecule has 0 saturated carbocycles. The normalized spacial score (nSPS) is 22.3. The molecule has 0 spiro atoms. The predicted molar refractivity (Wildman–Crippen MR) is 83.6 cm³/mol. The summed E-state index contributed by atoms with van der Waals surface area (Å²) in [6, 6.07) is 6.57. The number of hydrogen-bond acceptors (Lipinski definition) is 3. The lowest BCUT2D eigenvalue weighted by atomic mass is 9.99. The third-order valence-electron chi connectivity index (χ3n) is 4.04. The van der Waals surface area contributed by atoms with Gasteiger partial charge in [0.15, 0.2) is 9.84 Å². The van der Waals surface area contributed by atoms with Crippen LogP contribution in [0.5, 0.6) is 0 Å². The molecule has 0 unspecified atom stereocenters. The van der Waals surface area contributed by atoms with E-state index in [1.54, 1.807) is 12.1 Å². The van der Waals surface area contributed by atoms with Gasteiger partial charge < -0.3 is 0 Å². The first-order chi connectivity index (χ1) is 9.91. The van der Waals surface area contributed by atoms with Crippen molar-refractivity contribution in [3.63, 3.8) is 0 Å². The number of benzene rings is 1. The van der Waals surface area contributed by atoms with Gasteiger partial charge in [0.25, 0.3) is 0 Å². The first kappa shape index (κ1) is 16.2. The Bertz CT molecular complexity index is 583. The Balaban J connectivity index is 2.05. The minimum absolute atomic E-state index is 0.0656. The van der Waals surface area contributed by atoms with Gasteiger partial charge in [-0.25, -0.2) is 12.8 Å². The third-order valence-corrected chi connectivity index (χ3v) is 5.79. The van der Waals surface area contributed by atoms with E-state index in [0.29, 0.717) is 13.0 Å². The van der Waals surface area contributed by atoms with Gasteiger partial charge in [-0.3, -0.25) is 4.90 Å². The number of rotatable bonds is 6. The van der Waals surface area contributed by atoms with Crippen LogP contribution in [-0.4, -0.2) is 44.0 Å². The molecule has 1 heterocycles. The summed E-state index contributed by atoms with van der Waals surface area (Å²) in [5.41, 5.74) is 1.06. The highest BCUT2D eigenvalue weighted by Crippen LogP contribution is 2.23. The van der Waals surface area contributed by atoms with E-state index in [1.165, 1.54) is 12.1 Å². The Morgan fingerprint density at radius 2 is 2.10 bits per heavy atom.